The summed E-state index contributed by atoms with van der Waals surface area (Å²) in [5.74, 6) is -0.659. The molecule has 20 heavy (non-hydrogen) atoms. The molecule has 1 saturated carbocycles. The number of likely N-dealkylation sites (N-methyl/N-ethyl adjacent to an activating group) is 1. The highest BCUT2D eigenvalue weighted by Gasteiger charge is 2.32. The molecule has 0 heterocycles. The number of rotatable bonds is 4. The summed E-state index contributed by atoms with van der Waals surface area (Å²) < 4.78 is 27.1. The van der Waals surface area contributed by atoms with E-state index in [1.165, 1.54) is 12.1 Å². The Balaban J connectivity index is 2.18. The van der Waals surface area contributed by atoms with Crippen molar-refractivity contribution in [2.24, 2.45) is 5.92 Å². The smallest absolute Gasteiger partial charge is 0.126 e. The standard InChI is InChI=1S/C16H23F2NO/c1-19(2)15(13-5-3-4-6-16(13)20)10-11-9-12(17)7-8-14(11)18/h7-9,13,15-16,20H,3-6,10H2,1-2H3. The molecule has 0 aliphatic heterocycles. The third-order valence-electron chi connectivity index (χ3n) is 4.38. The lowest BCUT2D eigenvalue weighted by Crippen LogP contribution is -2.44. The molecule has 1 aromatic carbocycles. The molecule has 1 aliphatic carbocycles. The van der Waals surface area contributed by atoms with Gasteiger partial charge in [0.25, 0.3) is 0 Å². The van der Waals surface area contributed by atoms with Gasteiger partial charge in [-0.1, -0.05) is 12.8 Å². The second-order valence-electron chi connectivity index (χ2n) is 5.99. The number of hydrogen-bond donors (Lipinski definition) is 1. The third-order valence-corrected chi connectivity index (χ3v) is 4.38. The van der Waals surface area contributed by atoms with E-state index in [-0.39, 0.29) is 23.9 Å². The number of aliphatic hydroxyl groups is 1. The van der Waals surface area contributed by atoms with Gasteiger partial charge in [-0.15, -0.1) is 0 Å². The molecule has 2 nitrogen and oxygen atoms in total. The fourth-order valence-corrected chi connectivity index (χ4v) is 3.23. The normalized spacial score (nSPS) is 24.9. The van der Waals surface area contributed by atoms with Crippen LogP contribution in [0.2, 0.25) is 0 Å². The molecule has 1 N–H and O–H groups in total. The summed E-state index contributed by atoms with van der Waals surface area (Å²) in [6.07, 6.45) is 3.98. The Morgan fingerprint density at radius 3 is 2.60 bits per heavy atom. The Morgan fingerprint density at radius 2 is 1.95 bits per heavy atom. The highest BCUT2D eigenvalue weighted by molar-refractivity contribution is 5.20. The molecule has 4 heteroatoms. The van der Waals surface area contributed by atoms with Crippen molar-refractivity contribution in [3.8, 4) is 0 Å². The molecule has 1 fully saturated rings. The second kappa shape index (κ2) is 6.64. The maximum Gasteiger partial charge on any atom is 0.126 e. The maximum atomic E-state index is 13.8. The van der Waals surface area contributed by atoms with Gasteiger partial charge in [0, 0.05) is 12.0 Å². The molecule has 0 amide bonds. The Morgan fingerprint density at radius 1 is 1.25 bits per heavy atom. The second-order valence-corrected chi connectivity index (χ2v) is 5.99. The molecule has 2 rings (SSSR count). The van der Waals surface area contributed by atoms with E-state index in [1.807, 2.05) is 19.0 Å². The topological polar surface area (TPSA) is 23.5 Å². The van der Waals surface area contributed by atoms with E-state index in [9.17, 15) is 13.9 Å². The SMILES string of the molecule is CN(C)C(Cc1cc(F)ccc1F)C1CCCCC1O. The van der Waals surface area contributed by atoms with Gasteiger partial charge in [0.1, 0.15) is 11.6 Å². The van der Waals surface area contributed by atoms with Crippen LogP contribution in [0.15, 0.2) is 18.2 Å². The number of benzene rings is 1. The first-order chi connectivity index (χ1) is 9.49. The Labute approximate surface area is 119 Å². The first-order valence-electron chi connectivity index (χ1n) is 7.27. The molecule has 0 radical (unpaired) electrons. The van der Waals surface area contributed by atoms with Gasteiger partial charge in [-0.3, -0.25) is 0 Å². The van der Waals surface area contributed by atoms with Crippen molar-refractivity contribution in [3.05, 3.63) is 35.4 Å². The monoisotopic (exact) mass is 283 g/mol. The van der Waals surface area contributed by atoms with E-state index in [4.69, 9.17) is 0 Å². The van der Waals surface area contributed by atoms with Gasteiger partial charge in [0.15, 0.2) is 0 Å². The predicted molar refractivity (Wildman–Crippen MR) is 75.5 cm³/mol. The van der Waals surface area contributed by atoms with E-state index >= 15 is 0 Å². The summed E-state index contributed by atoms with van der Waals surface area (Å²) in [6, 6.07) is 3.61. The van der Waals surface area contributed by atoms with Crippen LogP contribution in [-0.4, -0.2) is 36.2 Å². The van der Waals surface area contributed by atoms with Crippen LogP contribution in [-0.2, 0) is 6.42 Å². The van der Waals surface area contributed by atoms with Gasteiger partial charge in [-0.2, -0.15) is 0 Å². The Kier molecular flexibility index (Phi) is 5.11. The minimum absolute atomic E-state index is 0.0293. The molecule has 1 aromatic rings. The lowest BCUT2D eigenvalue weighted by Gasteiger charge is -2.38. The van der Waals surface area contributed by atoms with Crippen molar-refractivity contribution in [1.29, 1.82) is 0 Å². The average Bonchev–Trinajstić information content (AvgIpc) is 2.40. The van der Waals surface area contributed by atoms with E-state index in [0.717, 1.165) is 31.7 Å². The zero-order valence-corrected chi connectivity index (χ0v) is 12.1. The van der Waals surface area contributed by atoms with Crippen LogP contribution in [0.1, 0.15) is 31.2 Å². The molecular formula is C16H23F2NO. The maximum absolute atomic E-state index is 13.8. The highest BCUT2D eigenvalue weighted by Crippen LogP contribution is 2.31. The number of hydrogen-bond acceptors (Lipinski definition) is 2. The van der Waals surface area contributed by atoms with Gasteiger partial charge < -0.3 is 10.0 Å². The summed E-state index contributed by atoms with van der Waals surface area (Å²) in [5.41, 5.74) is 0.390. The van der Waals surface area contributed by atoms with E-state index < -0.39 is 5.82 Å². The summed E-state index contributed by atoms with van der Waals surface area (Å²) in [5, 5.41) is 10.2. The zero-order chi connectivity index (χ0) is 14.7. The molecule has 3 unspecified atom stereocenters. The van der Waals surface area contributed by atoms with Crippen LogP contribution in [0.5, 0.6) is 0 Å². The third kappa shape index (κ3) is 3.55. The molecule has 3 atom stereocenters. The molecule has 0 spiro atoms. The minimum atomic E-state index is -0.414. The number of halogens is 2. The zero-order valence-electron chi connectivity index (χ0n) is 12.1. The lowest BCUT2D eigenvalue weighted by molar-refractivity contribution is 0.0227. The van der Waals surface area contributed by atoms with E-state index in [2.05, 4.69) is 0 Å². The van der Waals surface area contributed by atoms with Crippen LogP contribution in [0, 0.1) is 17.6 Å². The minimum Gasteiger partial charge on any atom is -0.393 e. The summed E-state index contributed by atoms with van der Waals surface area (Å²) >= 11 is 0. The molecule has 0 bridgehead atoms. The molecule has 1 aliphatic rings. The Bertz CT molecular complexity index is 450. The summed E-state index contributed by atoms with van der Waals surface area (Å²) in [7, 11) is 3.87. The molecule has 0 saturated heterocycles. The van der Waals surface area contributed by atoms with Crippen molar-refractivity contribution in [1.82, 2.24) is 4.90 Å². The molecule has 112 valence electrons. The van der Waals surface area contributed by atoms with Gasteiger partial charge in [-0.05, 0) is 57.1 Å². The number of aliphatic hydroxyl groups excluding tert-OH is 1. The summed E-state index contributed by atoms with van der Waals surface area (Å²) in [6.45, 7) is 0. The van der Waals surface area contributed by atoms with Gasteiger partial charge in [0.2, 0.25) is 0 Å². The summed E-state index contributed by atoms with van der Waals surface area (Å²) in [4.78, 5) is 2.02. The van der Waals surface area contributed by atoms with Crippen molar-refractivity contribution < 1.29 is 13.9 Å². The predicted octanol–water partition coefficient (Wildman–Crippen LogP) is 2.99. The van der Waals surface area contributed by atoms with Crippen LogP contribution < -0.4 is 0 Å². The number of nitrogens with zero attached hydrogens (tertiary/aromatic N) is 1. The average molecular weight is 283 g/mol. The molecule has 0 aromatic heterocycles. The van der Waals surface area contributed by atoms with Crippen molar-refractivity contribution in [2.75, 3.05) is 14.1 Å². The first-order valence-corrected chi connectivity index (χ1v) is 7.27. The van der Waals surface area contributed by atoms with Crippen LogP contribution in [0.3, 0.4) is 0 Å². The van der Waals surface area contributed by atoms with Crippen molar-refractivity contribution in [3.63, 3.8) is 0 Å². The lowest BCUT2D eigenvalue weighted by atomic mass is 9.79. The van der Waals surface area contributed by atoms with Crippen LogP contribution >= 0.6 is 0 Å². The van der Waals surface area contributed by atoms with E-state index in [1.54, 1.807) is 0 Å². The van der Waals surface area contributed by atoms with Crippen LogP contribution in [0.25, 0.3) is 0 Å². The van der Waals surface area contributed by atoms with Gasteiger partial charge >= 0.3 is 0 Å². The fourth-order valence-electron chi connectivity index (χ4n) is 3.23. The first kappa shape index (κ1) is 15.4. The highest BCUT2D eigenvalue weighted by atomic mass is 19.1. The fraction of sp³-hybridized carbons (Fsp3) is 0.625. The largest absolute Gasteiger partial charge is 0.393 e. The van der Waals surface area contributed by atoms with Crippen molar-refractivity contribution in [2.45, 2.75) is 44.2 Å². The molecular weight excluding hydrogens is 260 g/mol. The van der Waals surface area contributed by atoms with Crippen LogP contribution in [0.4, 0.5) is 8.78 Å². The quantitative estimate of drug-likeness (QED) is 0.918. The van der Waals surface area contributed by atoms with Gasteiger partial charge in [-0.25, -0.2) is 8.78 Å². The van der Waals surface area contributed by atoms with Gasteiger partial charge in [0.05, 0.1) is 6.10 Å². The van der Waals surface area contributed by atoms with E-state index in [0.29, 0.717) is 12.0 Å². The Hall–Kier alpha value is -1.00. The van der Waals surface area contributed by atoms with Crippen molar-refractivity contribution >= 4 is 0 Å².